The zero-order valence-corrected chi connectivity index (χ0v) is 12.6. The maximum Gasteiger partial charge on any atom is 0.333 e. The standard InChI is InChI=1S/C8H16O2.C7H10O3/c1-2-3-4-5-9-6-8-7-10-8;1-5(2)7(8)10-4-6-3-9-6/h8H,2-7H2,1H3;6H,1,3-4H2,2H3. The van der Waals surface area contributed by atoms with Gasteiger partial charge < -0.3 is 18.9 Å². The predicted molar refractivity (Wildman–Crippen MR) is 75.6 cm³/mol. The normalized spacial score (nSPS) is 22.5. The zero-order chi connectivity index (χ0) is 14.8. The molecule has 2 aliphatic rings. The van der Waals surface area contributed by atoms with E-state index in [4.69, 9.17) is 18.9 Å². The second-order valence-electron chi connectivity index (χ2n) is 5.07. The van der Waals surface area contributed by atoms with E-state index in [0.717, 1.165) is 19.8 Å². The van der Waals surface area contributed by atoms with Gasteiger partial charge in [0.05, 0.1) is 19.8 Å². The minimum Gasteiger partial charge on any atom is -0.459 e. The Kier molecular flexibility index (Phi) is 8.49. The van der Waals surface area contributed by atoms with Gasteiger partial charge in [0, 0.05) is 12.2 Å². The number of hydrogen-bond acceptors (Lipinski definition) is 5. The van der Waals surface area contributed by atoms with Crippen LogP contribution >= 0.6 is 0 Å². The Balaban J connectivity index is 0.000000200. The Morgan fingerprint density at radius 3 is 2.30 bits per heavy atom. The Morgan fingerprint density at radius 1 is 1.20 bits per heavy atom. The van der Waals surface area contributed by atoms with E-state index in [1.807, 2.05) is 0 Å². The Labute approximate surface area is 121 Å². The number of epoxide rings is 2. The van der Waals surface area contributed by atoms with Crippen LogP contribution in [0.15, 0.2) is 12.2 Å². The number of ether oxygens (including phenoxy) is 4. The van der Waals surface area contributed by atoms with Gasteiger partial charge in [-0.05, 0) is 13.3 Å². The second-order valence-corrected chi connectivity index (χ2v) is 5.07. The van der Waals surface area contributed by atoms with Crippen molar-refractivity contribution in [2.45, 2.75) is 45.3 Å². The predicted octanol–water partition coefficient (Wildman–Crippen LogP) is 2.10. The molecule has 0 radical (unpaired) electrons. The summed E-state index contributed by atoms with van der Waals surface area (Å²) in [7, 11) is 0. The van der Waals surface area contributed by atoms with E-state index < -0.39 is 0 Å². The van der Waals surface area contributed by atoms with Crippen LogP contribution in [0.2, 0.25) is 0 Å². The first-order valence-corrected chi connectivity index (χ1v) is 7.27. The molecule has 0 aliphatic carbocycles. The van der Waals surface area contributed by atoms with Crippen molar-refractivity contribution in [2.24, 2.45) is 0 Å². The van der Waals surface area contributed by atoms with E-state index in [9.17, 15) is 4.79 Å². The first-order valence-electron chi connectivity index (χ1n) is 7.27. The quantitative estimate of drug-likeness (QED) is 0.281. The van der Waals surface area contributed by atoms with Gasteiger partial charge in [0.25, 0.3) is 0 Å². The van der Waals surface area contributed by atoms with Crippen molar-refractivity contribution < 1.29 is 23.7 Å². The third-order valence-corrected chi connectivity index (χ3v) is 2.75. The summed E-state index contributed by atoms with van der Waals surface area (Å²) in [6.45, 7) is 11.0. The SMILES string of the molecule is C=C(C)C(=O)OCC1CO1.CCCCCOCC1CO1. The Bertz CT molecular complexity index is 295. The van der Waals surface area contributed by atoms with Crippen LogP contribution < -0.4 is 0 Å². The second kappa shape index (κ2) is 9.91. The maximum absolute atomic E-state index is 10.7. The van der Waals surface area contributed by atoms with Crippen LogP contribution in [0.5, 0.6) is 0 Å². The molecular formula is C15H26O5. The van der Waals surface area contributed by atoms with Gasteiger partial charge in [0.2, 0.25) is 0 Å². The van der Waals surface area contributed by atoms with Crippen LogP contribution in [0.25, 0.3) is 0 Å². The number of carbonyl (C=O) groups is 1. The van der Waals surface area contributed by atoms with Gasteiger partial charge in [0.15, 0.2) is 0 Å². The van der Waals surface area contributed by atoms with Crippen LogP contribution in [0, 0.1) is 0 Å². The molecule has 116 valence electrons. The number of hydrogen-bond donors (Lipinski definition) is 0. The fourth-order valence-electron chi connectivity index (χ4n) is 1.29. The first-order chi connectivity index (χ1) is 9.63. The molecule has 0 aromatic heterocycles. The summed E-state index contributed by atoms with van der Waals surface area (Å²) >= 11 is 0. The highest BCUT2D eigenvalue weighted by molar-refractivity contribution is 5.86. The molecule has 2 aliphatic heterocycles. The summed E-state index contributed by atoms with van der Waals surface area (Å²) < 4.78 is 19.9. The zero-order valence-electron chi connectivity index (χ0n) is 12.6. The number of rotatable bonds is 9. The molecule has 2 unspecified atom stereocenters. The van der Waals surface area contributed by atoms with E-state index in [-0.39, 0.29) is 12.1 Å². The minimum absolute atomic E-state index is 0.142. The fraction of sp³-hybridized carbons (Fsp3) is 0.800. The molecule has 0 spiro atoms. The van der Waals surface area contributed by atoms with Gasteiger partial charge in [-0.25, -0.2) is 4.79 Å². The maximum atomic E-state index is 10.7. The molecule has 5 heteroatoms. The summed E-state index contributed by atoms with van der Waals surface area (Å²) in [5.74, 6) is -0.337. The Morgan fingerprint density at radius 2 is 1.80 bits per heavy atom. The highest BCUT2D eigenvalue weighted by Crippen LogP contribution is 2.09. The molecule has 20 heavy (non-hydrogen) atoms. The third-order valence-electron chi connectivity index (χ3n) is 2.75. The smallest absolute Gasteiger partial charge is 0.333 e. The number of unbranched alkanes of at least 4 members (excludes halogenated alkanes) is 2. The lowest BCUT2D eigenvalue weighted by Gasteiger charge is -1.99. The van der Waals surface area contributed by atoms with Crippen LogP contribution in [0.3, 0.4) is 0 Å². The molecule has 2 atom stereocenters. The molecule has 2 heterocycles. The number of esters is 1. The molecule has 0 aromatic rings. The first kappa shape index (κ1) is 17.1. The van der Waals surface area contributed by atoms with Gasteiger partial charge in [-0.3, -0.25) is 0 Å². The summed E-state index contributed by atoms with van der Waals surface area (Å²) in [6.07, 6.45) is 4.32. The average Bonchev–Trinajstić information content (AvgIpc) is 3.29. The van der Waals surface area contributed by atoms with E-state index in [1.54, 1.807) is 6.92 Å². The largest absolute Gasteiger partial charge is 0.459 e. The topological polar surface area (TPSA) is 60.6 Å². The summed E-state index contributed by atoms with van der Waals surface area (Å²) in [4.78, 5) is 10.7. The summed E-state index contributed by atoms with van der Waals surface area (Å²) in [6, 6.07) is 0. The third kappa shape index (κ3) is 9.95. The van der Waals surface area contributed by atoms with Crippen LogP contribution in [0.4, 0.5) is 0 Å². The highest BCUT2D eigenvalue weighted by Gasteiger charge is 2.24. The molecule has 2 fully saturated rings. The van der Waals surface area contributed by atoms with Gasteiger partial charge in [-0.2, -0.15) is 0 Å². The van der Waals surface area contributed by atoms with Crippen LogP contribution in [-0.2, 0) is 23.7 Å². The van der Waals surface area contributed by atoms with Crippen molar-refractivity contribution in [3.05, 3.63) is 12.2 Å². The van der Waals surface area contributed by atoms with Crippen molar-refractivity contribution in [1.29, 1.82) is 0 Å². The number of carbonyl (C=O) groups excluding carboxylic acids is 1. The molecule has 5 nitrogen and oxygen atoms in total. The van der Waals surface area contributed by atoms with Crippen molar-refractivity contribution in [1.82, 2.24) is 0 Å². The monoisotopic (exact) mass is 286 g/mol. The molecule has 0 aromatic carbocycles. The Hall–Kier alpha value is -0.910. The van der Waals surface area contributed by atoms with E-state index >= 15 is 0 Å². The summed E-state index contributed by atoms with van der Waals surface area (Å²) in [5, 5.41) is 0. The van der Waals surface area contributed by atoms with Gasteiger partial charge in [0.1, 0.15) is 18.8 Å². The van der Waals surface area contributed by atoms with Crippen LogP contribution in [0.1, 0.15) is 33.1 Å². The molecule has 2 saturated heterocycles. The molecule has 0 N–H and O–H groups in total. The van der Waals surface area contributed by atoms with Crippen LogP contribution in [-0.4, -0.2) is 51.2 Å². The van der Waals surface area contributed by atoms with Gasteiger partial charge in [-0.1, -0.05) is 26.3 Å². The lowest BCUT2D eigenvalue weighted by molar-refractivity contribution is -0.139. The minimum atomic E-state index is -0.337. The van der Waals surface area contributed by atoms with Gasteiger partial charge >= 0.3 is 5.97 Å². The molecule has 0 amide bonds. The molecule has 0 bridgehead atoms. The van der Waals surface area contributed by atoms with E-state index in [1.165, 1.54) is 19.3 Å². The van der Waals surface area contributed by atoms with Gasteiger partial charge in [-0.15, -0.1) is 0 Å². The van der Waals surface area contributed by atoms with E-state index in [0.29, 0.717) is 24.9 Å². The lowest BCUT2D eigenvalue weighted by Crippen LogP contribution is -2.09. The molecule has 0 saturated carbocycles. The highest BCUT2D eigenvalue weighted by atomic mass is 16.6. The van der Waals surface area contributed by atoms with E-state index in [2.05, 4.69) is 13.5 Å². The molecule has 2 rings (SSSR count). The van der Waals surface area contributed by atoms with Crippen molar-refractivity contribution in [3.63, 3.8) is 0 Å². The van der Waals surface area contributed by atoms with Crippen molar-refractivity contribution in [3.8, 4) is 0 Å². The lowest BCUT2D eigenvalue weighted by atomic mass is 10.3. The summed E-state index contributed by atoms with van der Waals surface area (Å²) in [5.41, 5.74) is 0.431. The van der Waals surface area contributed by atoms with Crippen molar-refractivity contribution in [2.75, 3.05) is 33.0 Å². The fourth-order valence-corrected chi connectivity index (χ4v) is 1.29. The average molecular weight is 286 g/mol. The molecular weight excluding hydrogens is 260 g/mol. The van der Waals surface area contributed by atoms with Crippen molar-refractivity contribution >= 4 is 5.97 Å².